The van der Waals surface area contributed by atoms with Crippen molar-refractivity contribution in [2.24, 2.45) is 35.5 Å². The van der Waals surface area contributed by atoms with E-state index in [1.165, 1.54) is 22.3 Å². The van der Waals surface area contributed by atoms with E-state index in [9.17, 15) is 26.4 Å². The molecule has 2 amide bonds. The molecule has 564 valence electrons. The van der Waals surface area contributed by atoms with Crippen molar-refractivity contribution in [1.82, 2.24) is 9.44 Å². The summed E-state index contributed by atoms with van der Waals surface area (Å²) in [6.07, 6.45) is 27.3. The van der Waals surface area contributed by atoms with Crippen LogP contribution in [0, 0.1) is 35.5 Å². The minimum absolute atomic E-state index is 0. The molecule has 18 nitrogen and oxygen atoms in total. The predicted molar refractivity (Wildman–Crippen MR) is 405 cm³/mol. The molecule has 0 aromatic heterocycles. The van der Waals surface area contributed by atoms with Gasteiger partial charge >= 0.3 is 0 Å². The number of anilines is 2. The lowest BCUT2D eigenvalue weighted by molar-refractivity contribution is -0.165. The summed E-state index contributed by atoms with van der Waals surface area (Å²) < 4.78 is 109. The summed E-state index contributed by atoms with van der Waals surface area (Å²) in [6.45, 7) is 15.0. The van der Waals surface area contributed by atoms with Gasteiger partial charge in [0, 0.05) is 84.6 Å². The zero-order chi connectivity index (χ0) is 71.2. The predicted octanol–water partition coefficient (Wildman–Crippen LogP) is 15.0. The van der Waals surface area contributed by atoms with Gasteiger partial charge in [-0.25, -0.2) is 26.3 Å². The number of ether oxygens (including phenoxy) is 8. The van der Waals surface area contributed by atoms with Crippen LogP contribution in [0.25, 0.3) is 0 Å². The van der Waals surface area contributed by atoms with Crippen molar-refractivity contribution in [3.05, 3.63) is 141 Å². The summed E-state index contributed by atoms with van der Waals surface area (Å²) in [6, 6.07) is 23.1. The number of hydrogen-bond acceptors (Lipinski definition) is 16. The molecule has 2 saturated heterocycles. The van der Waals surface area contributed by atoms with Gasteiger partial charge in [0.1, 0.15) is 11.5 Å². The summed E-state index contributed by atoms with van der Waals surface area (Å²) in [5.74, 6) is 1.11. The largest absolute Gasteiger partial charge is 0.490 e. The number of hydrogen-bond donors (Lipinski definition) is 2. The molecule has 22 heteroatoms. The van der Waals surface area contributed by atoms with Gasteiger partial charge in [-0.2, -0.15) is 0 Å². The minimum atomic E-state index is -3.93. The molecule has 6 aliphatic heterocycles. The number of nitrogens with one attached hydrogen (secondary N) is 2. The van der Waals surface area contributed by atoms with Crippen molar-refractivity contribution in [3.63, 3.8) is 0 Å². The number of fused-ring (bicyclic) bond motifs is 8. The van der Waals surface area contributed by atoms with Crippen LogP contribution < -0.4 is 28.7 Å². The van der Waals surface area contributed by atoms with Gasteiger partial charge in [-0.1, -0.05) is 80.9 Å². The molecular weight excluding hydrogens is 1390 g/mol. The Bertz CT molecular complexity index is 3640. The van der Waals surface area contributed by atoms with Crippen LogP contribution in [0.3, 0.4) is 0 Å². The van der Waals surface area contributed by atoms with Crippen LogP contribution in [0.2, 0.25) is 10.0 Å². The van der Waals surface area contributed by atoms with E-state index in [4.69, 9.17) is 61.1 Å². The smallest absolute Gasteiger partial charge is 0.264 e. The highest BCUT2D eigenvalue weighted by Gasteiger charge is 2.48. The Morgan fingerprint density at radius 1 is 0.524 bits per heavy atom. The maximum absolute atomic E-state index is 13.5. The summed E-state index contributed by atoms with van der Waals surface area (Å²) >= 11 is 12.9. The summed E-state index contributed by atoms with van der Waals surface area (Å²) in [4.78, 5) is 31.9. The van der Waals surface area contributed by atoms with Gasteiger partial charge < -0.3 is 47.7 Å². The fourth-order valence-corrected chi connectivity index (χ4v) is 20.3. The molecule has 4 bridgehead atoms. The fourth-order valence-electron chi connectivity index (χ4n) is 17.3. The molecule has 4 fully saturated rings. The first-order valence-electron chi connectivity index (χ1n) is 38.0. The third-order valence-electron chi connectivity index (χ3n) is 24.1. The second-order valence-electron chi connectivity index (χ2n) is 30.9. The average molecular weight is 1500 g/mol. The molecule has 4 aromatic rings. The highest BCUT2D eigenvalue weighted by Crippen LogP contribution is 2.50. The second-order valence-corrected chi connectivity index (χ2v) is 35.9. The molecule has 2 N–H and O–H groups in total. The van der Waals surface area contributed by atoms with E-state index in [1.807, 2.05) is 50.2 Å². The summed E-state index contributed by atoms with van der Waals surface area (Å²) in [7, 11) is -7.87. The fraction of sp³-hybridized carbons (Fsp3) is 0.630. The number of allylic oxidation sites excluding steroid dienone is 2. The molecule has 0 unspecified atom stereocenters. The number of sulfonamides is 2. The van der Waals surface area contributed by atoms with E-state index in [0.717, 1.165) is 176 Å². The lowest BCUT2D eigenvalue weighted by Gasteiger charge is -2.46. The molecular formula is C81H110Cl2N4O14S2. The molecule has 4 aliphatic carbocycles. The van der Waals surface area contributed by atoms with Crippen molar-refractivity contribution in [1.29, 1.82) is 0 Å². The van der Waals surface area contributed by atoms with Gasteiger partial charge in [0.15, 0.2) is 12.6 Å². The standard InChI is InChI=1S/2C40H53ClN2O7S.CH4/c2*1-27-8-5-10-36(47-20-7-21-49-38-11-3-4-19-48-38)33-15-12-31(33)24-43-25-40(18-6-9-29-22-32(41)14-16-34(29)40)26-50-37-17-13-30(23-35(37)43)39(44)42-51(45,46)28(27)2;/h2*5,10,13-14,16-17,22-23,27-28,31,33,36,38H,3-4,6-9,11-12,15,18-21,24-26H2,1-2H3,(H,42,44);1H4/b2*10-5+;/t27-,28+,31-,33+,36-,38+,40-;27-,28+,31-,33+,36-,38-,40-;/m00./s1. The Morgan fingerprint density at radius 3 is 1.35 bits per heavy atom. The maximum atomic E-state index is 13.5. The van der Waals surface area contributed by atoms with Crippen molar-refractivity contribution < 1.29 is 64.3 Å². The van der Waals surface area contributed by atoms with Crippen LogP contribution in [0.5, 0.6) is 11.5 Å². The van der Waals surface area contributed by atoms with Crippen molar-refractivity contribution in [2.75, 3.05) is 88.8 Å². The topological polar surface area (TPSA) is 207 Å². The number of benzene rings is 4. The molecule has 6 heterocycles. The van der Waals surface area contributed by atoms with E-state index >= 15 is 0 Å². The lowest BCUT2D eigenvalue weighted by atomic mass is 9.68. The molecule has 0 radical (unpaired) electrons. The number of rotatable bonds is 12. The average Bonchev–Trinajstić information content (AvgIpc) is 1.70. The van der Waals surface area contributed by atoms with Crippen LogP contribution in [0.15, 0.2) is 97.1 Å². The first kappa shape index (κ1) is 77.4. The maximum Gasteiger partial charge on any atom is 0.264 e. The molecule has 2 saturated carbocycles. The number of carbonyl (C=O) groups is 2. The summed E-state index contributed by atoms with van der Waals surface area (Å²) in [5.41, 5.74) is 6.84. The number of nitrogens with zero attached hydrogens (tertiary/aromatic N) is 2. The molecule has 103 heavy (non-hydrogen) atoms. The van der Waals surface area contributed by atoms with Crippen molar-refractivity contribution in [3.8, 4) is 11.5 Å². The Hall–Kier alpha value is -5.26. The number of halogens is 2. The SMILES string of the molecule is C.C[C@@H]1[C@@H](C)C/C=C/[C@H](OCCCO[C@@H]2CCCCO2)[C@@H]2CC[C@H]2CN2C[C@@]3(CCCc4cc(Cl)ccc43)COc3ccc(cc32)C(=O)NS1(=O)=O.C[C@@H]1[C@@H](C)C/C=C/[C@H](OCCCO[C@H]2CCCCO2)[C@@H]2CC[C@H]2CN2C[C@@]3(CCCc4cc(Cl)ccc43)COc3ccc(cc32)C(=O)NS1(=O)=O. The first-order valence-corrected chi connectivity index (χ1v) is 41.8. The molecule has 14 rings (SSSR count). The number of carbonyl (C=O) groups excluding carboxylic acids is 2. The van der Waals surface area contributed by atoms with Gasteiger partial charge in [-0.15, -0.1) is 0 Å². The third-order valence-corrected chi connectivity index (χ3v) is 28.4. The monoisotopic (exact) mass is 1500 g/mol. The van der Waals surface area contributed by atoms with Crippen molar-refractivity contribution >= 4 is 66.4 Å². The van der Waals surface area contributed by atoms with E-state index in [1.54, 1.807) is 26.0 Å². The van der Waals surface area contributed by atoms with Crippen LogP contribution in [-0.2, 0) is 72.1 Å². The highest BCUT2D eigenvalue weighted by atomic mass is 35.5. The minimum Gasteiger partial charge on any atom is -0.490 e. The number of aryl methyl sites for hydroxylation is 2. The molecule has 4 aromatic carbocycles. The third kappa shape index (κ3) is 18.1. The Balaban J connectivity index is 0.000000192. The van der Waals surface area contributed by atoms with Crippen LogP contribution in [0.4, 0.5) is 11.4 Å². The zero-order valence-corrected chi connectivity index (χ0v) is 63.1. The van der Waals surface area contributed by atoms with E-state index in [-0.39, 0.29) is 54.9 Å². The van der Waals surface area contributed by atoms with E-state index in [2.05, 4.69) is 67.8 Å². The van der Waals surface area contributed by atoms with Gasteiger partial charge in [-0.05, 0) is 261 Å². The normalized spacial score (nSPS) is 32.4. The Labute approximate surface area is 622 Å². The lowest BCUT2D eigenvalue weighted by Crippen LogP contribution is -2.49. The Kier molecular flexibility index (Phi) is 25.8. The summed E-state index contributed by atoms with van der Waals surface area (Å²) in [5, 5.41) is -0.0507. The molecule has 14 atom stereocenters. The molecule has 2 spiro atoms. The first-order chi connectivity index (χ1) is 49.2. The second kappa shape index (κ2) is 34.3. The van der Waals surface area contributed by atoms with Crippen LogP contribution in [-0.4, -0.2) is 143 Å². The van der Waals surface area contributed by atoms with Gasteiger partial charge in [0.05, 0.1) is 60.5 Å². The van der Waals surface area contributed by atoms with E-state index < -0.39 is 42.4 Å². The van der Waals surface area contributed by atoms with Crippen molar-refractivity contribution in [2.45, 2.75) is 210 Å². The molecule has 10 aliphatic rings. The zero-order valence-electron chi connectivity index (χ0n) is 60.0. The Morgan fingerprint density at radius 2 is 0.951 bits per heavy atom. The van der Waals surface area contributed by atoms with Gasteiger partial charge in [0.25, 0.3) is 11.8 Å². The number of amides is 2. The highest BCUT2D eigenvalue weighted by molar-refractivity contribution is 7.91. The quantitative estimate of drug-likeness (QED) is 0.0999. The van der Waals surface area contributed by atoms with Gasteiger partial charge in [-0.3, -0.25) is 9.59 Å². The van der Waals surface area contributed by atoms with Crippen LogP contribution >= 0.6 is 23.2 Å². The van der Waals surface area contributed by atoms with Gasteiger partial charge in [0.2, 0.25) is 20.0 Å². The van der Waals surface area contributed by atoms with E-state index in [0.29, 0.717) is 98.8 Å². The van der Waals surface area contributed by atoms with Crippen LogP contribution in [0.1, 0.15) is 194 Å².